The number of rotatable bonds is 5. The fourth-order valence-corrected chi connectivity index (χ4v) is 1.33. The van der Waals surface area contributed by atoms with Gasteiger partial charge in [0.15, 0.2) is 6.10 Å². The Morgan fingerprint density at radius 2 is 2.10 bits per heavy atom. The van der Waals surface area contributed by atoms with Crippen molar-refractivity contribution in [3.05, 3.63) is 33.3 Å². The average molecular weight is 304 g/mol. The summed E-state index contributed by atoms with van der Waals surface area (Å²) in [6.45, 7) is -0.520. The summed E-state index contributed by atoms with van der Waals surface area (Å²) in [5, 5.41) is 32.3. The quantitative estimate of drug-likeness (QED) is 0.468. The highest BCUT2D eigenvalue weighted by Gasteiger charge is 2.15. The van der Waals surface area contributed by atoms with Gasteiger partial charge in [-0.05, 0) is 6.07 Å². The van der Waals surface area contributed by atoms with Crippen molar-refractivity contribution < 1.29 is 24.7 Å². The number of carboxylic acid groups (broad SMARTS) is 1. The zero-order valence-electron chi connectivity index (χ0n) is 9.87. The second kappa shape index (κ2) is 6.68. The van der Waals surface area contributed by atoms with Crippen molar-refractivity contribution in [2.45, 2.75) is 6.10 Å². The van der Waals surface area contributed by atoms with Gasteiger partial charge in [0.1, 0.15) is 0 Å². The maximum absolute atomic E-state index is 11.4. The molecule has 0 radical (unpaired) electrons. The van der Waals surface area contributed by atoms with Crippen molar-refractivity contribution in [3.63, 3.8) is 0 Å². The molecule has 0 saturated heterocycles. The fraction of sp³-hybridized carbons (Fsp3) is 0.200. The number of aliphatic hydroxyl groups is 1. The lowest BCUT2D eigenvalue weighted by atomic mass is 10.3. The molecule has 2 amide bonds. The number of hydrogen-bond donors (Lipinski definition) is 4. The number of carboxylic acids is 1. The van der Waals surface area contributed by atoms with Gasteiger partial charge in [-0.2, -0.15) is 0 Å². The van der Waals surface area contributed by atoms with Crippen LogP contribution in [-0.4, -0.2) is 39.8 Å². The van der Waals surface area contributed by atoms with Crippen molar-refractivity contribution in [3.8, 4) is 0 Å². The van der Waals surface area contributed by atoms with Gasteiger partial charge in [-0.25, -0.2) is 9.59 Å². The SMILES string of the molecule is O=C(NC[C@H](O)C(=O)O)Nc1cc([N+](=O)[O-])ccc1Cl. The maximum atomic E-state index is 11.4. The van der Waals surface area contributed by atoms with E-state index in [1.165, 1.54) is 12.1 Å². The Labute approximate surface area is 117 Å². The molecule has 0 aromatic heterocycles. The minimum Gasteiger partial charge on any atom is -0.479 e. The Bertz CT molecular complexity index is 550. The number of aliphatic carboxylic acids is 1. The van der Waals surface area contributed by atoms with Gasteiger partial charge < -0.3 is 20.8 Å². The van der Waals surface area contributed by atoms with E-state index in [1.54, 1.807) is 0 Å². The molecule has 0 aliphatic rings. The van der Waals surface area contributed by atoms with E-state index < -0.39 is 29.6 Å². The van der Waals surface area contributed by atoms with Crippen LogP contribution in [0.3, 0.4) is 0 Å². The second-order valence-corrected chi connectivity index (χ2v) is 4.02. The Kier molecular flexibility index (Phi) is 5.23. The third kappa shape index (κ3) is 4.37. The first-order chi connectivity index (χ1) is 9.31. The van der Waals surface area contributed by atoms with Crippen LogP contribution in [-0.2, 0) is 4.79 Å². The molecular weight excluding hydrogens is 294 g/mol. The zero-order chi connectivity index (χ0) is 15.3. The summed E-state index contributed by atoms with van der Waals surface area (Å²) in [4.78, 5) is 31.7. The van der Waals surface area contributed by atoms with Crippen LogP contribution in [0, 0.1) is 10.1 Å². The van der Waals surface area contributed by atoms with Crippen molar-refractivity contribution in [2.24, 2.45) is 0 Å². The number of carbonyl (C=O) groups excluding carboxylic acids is 1. The highest BCUT2D eigenvalue weighted by Crippen LogP contribution is 2.26. The lowest BCUT2D eigenvalue weighted by Gasteiger charge is -2.10. The lowest BCUT2D eigenvalue weighted by Crippen LogP contribution is -2.38. The highest BCUT2D eigenvalue weighted by molar-refractivity contribution is 6.33. The topological polar surface area (TPSA) is 142 Å². The van der Waals surface area contributed by atoms with Crippen LogP contribution in [0.5, 0.6) is 0 Å². The van der Waals surface area contributed by atoms with Crippen LogP contribution < -0.4 is 10.6 Å². The van der Waals surface area contributed by atoms with Crippen LogP contribution in [0.15, 0.2) is 18.2 Å². The van der Waals surface area contributed by atoms with Crippen molar-refractivity contribution in [1.29, 1.82) is 0 Å². The number of nitrogens with one attached hydrogen (secondary N) is 2. The molecule has 0 aliphatic carbocycles. The van der Waals surface area contributed by atoms with Gasteiger partial charge in [0, 0.05) is 12.1 Å². The molecule has 0 heterocycles. The molecule has 4 N–H and O–H groups in total. The number of hydrogen-bond acceptors (Lipinski definition) is 5. The van der Waals surface area contributed by atoms with E-state index in [0.717, 1.165) is 6.07 Å². The molecule has 0 spiro atoms. The van der Waals surface area contributed by atoms with E-state index in [0.29, 0.717) is 0 Å². The van der Waals surface area contributed by atoms with Gasteiger partial charge in [-0.15, -0.1) is 0 Å². The van der Waals surface area contributed by atoms with E-state index >= 15 is 0 Å². The first-order valence-corrected chi connectivity index (χ1v) is 5.58. The molecule has 108 valence electrons. The fourth-order valence-electron chi connectivity index (χ4n) is 1.17. The van der Waals surface area contributed by atoms with Crippen molar-refractivity contribution in [2.75, 3.05) is 11.9 Å². The minimum absolute atomic E-state index is 0.0109. The summed E-state index contributed by atoms with van der Waals surface area (Å²) >= 11 is 5.75. The maximum Gasteiger partial charge on any atom is 0.334 e. The standard InChI is InChI=1S/C10H10ClN3O6/c11-6-2-1-5(14(19)20)3-7(6)13-10(18)12-4-8(15)9(16)17/h1-3,8,15H,4H2,(H,16,17)(H2,12,13,18)/t8-/m0/s1. The number of benzene rings is 1. The van der Waals surface area contributed by atoms with Gasteiger partial charge in [-0.3, -0.25) is 10.1 Å². The largest absolute Gasteiger partial charge is 0.479 e. The number of nitrogens with zero attached hydrogens (tertiary/aromatic N) is 1. The Balaban J connectivity index is 2.68. The van der Waals surface area contributed by atoms with Crippen molar-refractivity contribution >= 4 is 35.0 Å². The van der Waals surface area contributed by atoms with E-state index in [2.05, 4.69) is 10.6 Å². The van der Waals surface area contributed by atoms with Crippen LogP contribution in [0.2, 0.25) is 5.02 Å². The minimum atomic E-state index is -1.75. The second-order valence-electron chi connectivity index (χ2n) is 3.61. The molecule has 1 aromatic carbocycles. The van der Waals surface area contributed by atoms with Crippen molar-refractivity contribution in [1.82, 2.24) is 5.32 Å². The number of non-ortho nitro benzene ring substituents is 1. The summed E-state index contributed by atoms with van der Waals surface area (Å²) < 4.78 is 0. The molecule has 0 saturated carbocycles. The predicted molar refractivity (Wildman–Crippen MR) is 68.8 cm³/mol. The van der Waals surface area contributed by atoms with Crippen LogP contribution in [0.25, 0.3) is 0 Å². The summed E-state index contributed by atoms with van der Waals surface area (Å²) in [7, 11) is 0. The smallest absolute Gasteiger partial charge is 0.334 e. The monoisotopic (exact) mass is 303 g/mol. The number of amides is 2. The van der Waals surface area contributed by atoms with Gasteiger partial charge in [0.2, 0.25) is 0 Å². The zero-order valence-corrected chi connectivity index (χ0v) is 10.6. The molecule has 0 unspecified atom stereocenters. The number of urea groups is 1. The molecule has 10 heteroatoms. The molecule has 0 bridgehead atoms. The summed E-state index contributed by atoms with van der Waals surface area (Å²) in [6, 6.07) is 2.60. The van der Waals surface area contributed by atoms with Gasteiger partial charge >= 0.3 is 12.0 Å². The summed E-state index contributed by atoms with van der Waals surface area (Å²) in [5.74, 6) is -1.49. The van der Waals surface area contributed by atoms with Crippen LogP contribution >= 0.6 is 11.6 Å². The van der Waals surface area contributed by atoms with E-state index in [-0.39, 0.29) is 16.4 Å². The van der Waals surface area contributed by atoms with E-state index in [1.807, 2.05) is 0 Å². The van der Waals surface area contributed by atoms with E-state index in [4.69, 9.17) is 21.8 Å². The number of halogens is 1. The number of aliphatic hydroxyl groups excluding tert-OH is 1. The highest BCUT2D eigenvalue weighted by atomic mass is 35.5. The summed E-state index contributed by atoms with van der Waals surface area (Å²) in [6.07, 6.45) is -1.75. The van der Waals surface area contributed by atoms with Gasteiger partial charge in [0.05, 0.1) is 22.2 Å². The molecule has 1 aromatic rings. The number of nitro benzene ring substituents is 1. The predicted octanol–water partition coefficient (Wildman–Crippen LogP) is 0.815. The average Bonchev–Trinajstić information content (AvgIpc) is 2.38. The normalized spacial score (nSPS) is 11.5. The number of anilines is 1. The molecule has 1 atom stereocenters. The number of nitro groups is 1. The molecule has 1 rings (SSSR count). The van der Waals surface area contributed by atoms with Crippen LogP contribution in [0.1, 0.15) is 0 Å². The lowest BCUT2D eigenvalue weighted by molar-refractivity contribution is -0.384. The third-order valence-electron chi connectivity index (χ3n) is 2.15. The van der Waals surface area contributed by atoms with Crippen LogP contribution in [0.4, 0.5) is 16.2 Å². The first kappa shape index (κ1) is 15.7. The molecular formula is C10H10ClN3O6. The molecule has 0 aliphatic heterocycles. The Morgan fingerprint density at radius 1 is 1.45 bits per heavy atom. The number of carbonyl (C=O) groups is 2. The third-order valence-corrected chi connectivity index (χ3v) is 2.48. The van der Waals surface area contributed by atoms with E-state index in [9.17, 15) is 19.7 Å². The molecule has 9 nitrogen and oxygen atoms in total. The Hall–Kier alpha value is -2.39. The van der Waals surface area contributed by atoms with Gasteiger partial charge in [0.25, 0.3) is 5.69 Å². The first-order valence-electron chi connectivity index (χ1n) is 5.21. The summed E-state index contributed by atoms with van der Waals surface area (Å²) in [5.41, 5.74) is -0.279. The molecule has 20 heavy (non-hydrogen) atoms. The molecule has 0 fully saturated rings. The Morgan fingerprint density at radius 3 is 2.65 bits per heavy atom. The van der Waals surface area contributed by atoms with Gasteiger partial charge in [-0.1, -0.05) is 11.6 Å².